The summed E-state index contributed by atoms with van der Waals surface area (Å²) in [7, 11) is 0. The lowest BCUT2D eigenvalue weighted by Crippen LogP contribution is -2.41. The zero-order chi connectivity index (χ0) is 14.8. The number of halogens is 2. The van der Waals surface area contributed by atoms with E-state index in [1.54, 1.807) is 0 Å². The van der Waals surface area contributed by atoms with Gasteiger partial charge in [-0.25, -0.2) is 4.39 Å². The first kappa shape index (κ1) is 14.7. The summed E-state index contributed by atoms with van der Waals surface area (Å²) < 4.78 is 14.0. The topological polar surface area (TPSA) is 38.0 Å². The van der Waals surface area contributed by atoms with Crippen molar-refractivity contribution in [3.8, 4) is 0 Å². The van der Waals surface area contributed by atoms with E-state index in [1.807, 2.05) is 6.07 Å². The smallest absolute Gasteiger partial charge is 0.124 e. The van der Waals surface area contributed by atoms with Crippen LogP contribution >= 0.6 is 15.9 Å². The fourth-order valence-corrected chi connectivity index (χ4v) is 3.76. The molecule has 0 aliphatic heterocycles. The number of hydrogen-bond acceptors (Lipinski definition) is 2. The van der Waals surface area contributed by atoms with Crippen LogP contribution in [-0.2, 0) is 12.8 Å². The van der Waals surface area contributed by atoms with E-state index in [9.17, 15) is 4.39 Å². The molecule has 0 saturated heterocycles. The van der Waals surface area contributed by atoms with Crippen LogP contribution in [0.3, 0.4) is 0 Å². The minimum absolute atomic E-state index is 0.149. The third-order valence-corrected chi connectivity index (χ3v) is 5.07. The second-order valence-electron chi connectivity index (χ2n) is 5.56. The predicted molar refractivity (Wildman–Crippen MR) is 86.4 cm³/mol. The van der Waals surface area contributed by atoms with Gasteiger partial charge in [0, 0.05) is 16.4 Å². The Balaban J connectivity index is 1.83. The van der Waals surface area contributed by atoms with Gasteiger partial charge < -0.3 is 0 Å². The van der Waals surface area contributed by atoms with Gasteiger partial charge in [0.25, 0.3) is 0 Å². The molecule has 0 spiro atoms. The molecule has 3 rings (SSSR count). The summed E-state index contributed by atoms with van der Waals surface area (Å²) in [6, 6.07) is 13.5. The normalized spacial score (nSPS) is 18.5. The van der Waals surface area contributed by atoms with Crippen LogP contribution in [0.4, 0.5) is 4.39 Å². The summed E-state index contributed by atoms with van der Waals surface area (Å²) in [4.78, 5) is 0. The van der Waals surface area contributed by atoms with Gasteiger partial charge in [-0.2, -0.15) is 0 Å². The van der Waals surface area contributed by atoms with Crippen LogP contribution in [0.5, 0.6) is 0 Å². The van der Waals surface area contributed by atoms with Crippen LogP contribution < -0.4 is 11.3 Å². The van der Waals surface area contributed by atoms with E-state index >= 15 is 0 Å². The van der Waals surface area contributed by atoms with Crippen molar-refractivity contribution in [2.24, 2.45) is 5.84 Å². The third-order valence-electron chi connectivity index (χ3n) is 4.33. The molecule has 2 aromatic carbocycles. The number of nitrogens with one attached hydrogen (secondary N) is 1. The molecule has 1 aliphatic carbocycles. The van der Waals surface area contributed by atoms with Crippen molar-refractivity contribution in [2.75, 3.05) is 0 Å². The average Bonchev–Trinajstić information content (AvgIpc) is 2.91. The Bertz CT molecular complexity index is 644. The van der Waals surface area contributed by atoms with E-state index in [1.165, 1.54) is 23.3 Å². The zero-order valence-electron chi connectivity index (χ0n) is 11.7. The van der Waals surface area contributed by atoms with Crippen LogP contribution in [0.15, 0.2) is 46.9 Å². The molecule has 0 saturated carbocycles. The fourth-order valence-electron chi connectivity index (χ4n) is 3.25. The Morgan fingerprint density at radius 2 is 2.10 bits per heavy atom. The molecular weight excluding hydrogens is 331 g/mol. The highest BCUT2D eigenvalue weighted by Gasteiger charge is 2.29. The lowest BCUT2D eigenvalue weighted by atomic mass is 9.89. The summed E-state index contributed by atoms with van der Waals surface area (Å²) in [5, 5.41) is 0. The molecule has 110 valence electrons. The zero-order valence-corrected chi connectivity index (χ0v) is 13.2. The number of fused-ring (bicyclic) bond motifs is 1. The van der Waals surface area contributed by atoms with Gasteiger partial charge in [0.15, 0.2) is 0 Å². The van der Waals surface area contributed by atoms with Gasteiger partial charge in [0.2, 0.25) is 0 Å². The number of rotatable bonds is 4. The molecule has 0 heterocycles. The Morgan fingerprint density at radius 3 is 2.86 bits per heavy atom. The lowest BCUT2D eigenvalue weighted by molar-refractivity contribution is 0.433. The average molecular weight is 349 g/mol. The van der Waals surface area contributed by atoms with Gasteiger partial charge >= 0.3 is 0 Å². The van der Waals surface area contributed by atoms with Crippen molar-refractivity contribution in [3.63, 3.8) is 0 Å². The molecule has 0 fully saturated rings. The lowest BCUT2D eigenvalue weighted by Gasteiger charge is -2.24. The minimum atomic E-state index is -0.228. The maximum atomic E-state index is 13.2. The van der Waals surface area contributed by atoms with E-state index < -0.39 is 0 Å². The maximum absolute atomic E-state index is 13.2. The summed E-state index contributed by atoms with van der Waals surface area (Å²) in [6.07, 6.45) is 2.98. The quantitative estimate of drug-likeness (QED) is 0.653. The van der Waals surface area contributed by atoms with E-state index in [2.05, 4.69) is 45.6 Å². The number of benzene rings is 2. The largest absolute Gasteiger partial charge is 0.271 e. The van der Waals surface area contributed by atoms with E-state index in [0.29, 0.717) is 5.92 Å². The van der Waals surface area contributed by atoms with Crippen LogP contribution in [0.25, 0.3) is 0 Å². The molecule has 2 unspecified atom stereocenters. The molecule has 21 heavy (non-hydrogen) atoms. The Labute approximate surface area is 132 Å². The minimum Gasteiger partial charge on any atom is -0.271 e. The molecule has 2 atom stereocenters. The number of aryl methyl sites for hydroxylation is 1. The molecule has 4 heteroatoms. The second kappa shape index (κ2) is 6.26. The molecule has 1 aliphatic rings. The van der Waals surface area contributed by atoms with E-state index in [4.69, 9.17) is 5.84 Å². The van der Waals surface area contributed by atoms with Gasteiger partial charge in [0.05, 0.1) is 0 Å². The summed E-state index contributed by atoms with van der Waals surface area (Å²) in [6.45, 7) is 0. The van der Waals surface area contributed by atoms with Gasteiger partial charge in [0.1, 0.15) is 5.82 Å². The first-order valence-electron chi connectivity index (χ1n) is 7.17. The van der Waals surface area contributed by atoms with Crippen LogP contribution in [0.1, 0.15) is 29.0 Å². The van der Waals surface area contributed by atoms with Gasteiger partial charge in [-0.1, -0.05) is 46.3 Å². The van der Waals surface area contributed by atoms with E-state index in [-0.39, 0.29) is 11.9 Å². The van der Waals surface area contributed by atoms with Crippen LogP contribution in [0.2, 0.25) is 0 Å². The molecule has 2 aromatic rings. The van der Waals surface area contributed by atoms with E-state index in [0.717, 1.165) is 29.3 Å². The third kappa shape index (κ3) is 3.03. The molecule has 0 aromatic heterocycles. The first-order chi connectivity index (χ1) is 10.2. The van der Waals surface area contributed by atoms with Crippen LogP contribution in [-0.4, -0.2) is 6.04 Å². The van der Waals surface area contributed by atoms with Crippen LogP contribution in [0, 0.1) is 5.82 Å². The van der Waals surface area contributed by atoms with Crippen molar-refractivity contribution in [2.45, 2.75) is 31.2 Å². The summed E-state index contributed by atoms with van der Waals surface area (Å²) in [5.41, 5.74) is 6.84. The molecule has 2 nitrogen and oxygen atoms in total. The van der Waals surface area contributed by atoms with Gasteiger partial charge in [-0.05, 0) is 48.1 Å². The molecule has 0 radical (unpaired) electrons. The number of nitrogens with two attached hydrogens (primary N) is 1. The number of hydrogen-bond donors (Lipinski definition) is 2. The van der Waals surface area contributed by atoms with Gasteiger partial charge in [-0.15, -0.1) is 0 Å². The van der Waals surface area contributed by atoms with Crippen molar-refractivity contribution < 1.29 is 4.39 Å². The summed E-state index contributed by atoms with van der Waals surface area (Å²) in [5.74, 6) is 5.98. The van der Waals surface area contributed by atoms with Crippen molar-refractivity contribution in [1.29, 1.82) is 0 Å². The molecule has 3 N–H and O–H groups in total. The number of hydrazine groups is 1. The molecule has 0 bridgehead atoms. The second-order valence-corrected chi connectivity index (χ2v) is 6.41. The van der Waals surface area contributed by atoms with Crippen molar-refractivity contribution >= 4 is 15.9 Å². The van der Waals surface area contributed by atoms with Crippen molar-refractivity contribution in [1.82, 2.24) is 5.43 Å². The molecule has 0 amide bonds. The highest BCUT2D eigenvalue weighted by atomic mass is 79.9. The SMILES string of the molecule is NNC(Cc1ccc(F)cc1Br)C1CCc2ccccc21. The van der Waals surface area contributed by atoms with Crippen molar-refractivity contribution in [3.05, 3.63) is 69.4 Å². The standard InChI is InChI=1S/C17H18BrFN2/c18-16-10-13(19)7-5-12(16)9-17(21-20)15-8-6-11-3-1-2-4-14(11)15/h1-5,7,10,15,17,21H,6,8-9,20H2. The molecular formula is C17H18BrFN2. The Kier molecular flexibility index (Phi) is 4.38. The Hall–Kier alpha value is -1.23. The monoisotopic (exact) mass is 348 g/mol. The Morgan fingerprint density at radius 1 is 1.29 bits per heavy atom. The highest BCUT2D eigenvalue weighted by molar-refractivity contribution is 9.10. The maximum Gasteiger partial charge on any atom is 0.124 e. The first-order valence-corrected chi connectivity index (χ1v) is 7.96. The fraction of sp³-hybridized carbons (Fsp3) is 0.294. The highest BCUT2D eigenvalue weighted by Crippen LogP contribution is 2.36. The predicted octanol–water partition coefficient (Wildman–Crippen LogP) is 3.69. The van der Waals surface area contributed by atoms with Gasteiger partial charge in [-0.3, -0.25) is 11.3 Å². The summed E-state index contributed by atoms with van der Waals surface area (Å²) >= 11 is 3.44.